The van der Waals surface area contributed by atoms with Crippen LogP contribution in [0.4, 0.5) is 5.69 Å². The van der Waals surface area contributed by atoms with Crippen molar-refractivity contribution in [3.05, 3.63) is 82.6 Å². The van der Waals surface area contributed by atoms with E-state index in [0.717, 1.165) is 16.9 Å². The molecule has 0 aliphatic carbocycles. The van der Waals surface area contributed by atoms with Gasteiger partial charge in [0.2, 0.25) is 0 Å². The van der Waals surface area contributed by atoms with Gasteiger partial charge >= 0.3 is 0 Å². The first-order valence-electron chi connectivity index (χ1n) is 11.1. The van der Waals surface area contributed by atoms with Gasteiger partial charge in [-0.15, -0.1) is 0 Å². The van der Waals surface area contributed by atoms with Crippen molar-refractivity contribution in [1.29, 1.82) is 0 Å². The van der Waals surface area contributed by atoms with Crippen LogP contribution in [0.3, 0.4) is 0 Å². The first-order valence-corrected chi connectivity index (χ1v) is 11.5. The standard InChI is InChI=1S/C26H26ClN3O4/c1-3-21-26(32)30(14-12-17-7-4-5-9-22(17)33-2)16-18-15-19(10-11-23(18)34-21)29-25(31)20-8-6-13-28-24(20)27/h4-11,13,15,21H,3,12,14,16H2,1-2H3,(H,29,31). The molecular formula is C26H26ClN3O4. The predicted octanol–water partition coefficient (Wildman–Crippen LogP) is 4.74. The molecule has 2 amide bonds. The molecule has 0 saturated heterocycles. The number of nitrogens with zero attached hydrogens (tertiary/aromatic N) is 2. The molecule has 34 heavy (non-hydrogen) atoms. The van der Waals surface area contributed by atoms with Crippen LogP contribution in [0.5, 0.6) is 11.5 Å². The highest BCUT2D eigenvalue weighted by Crippen LogP contribution is 2.30. The second-order valence-electron chi connectivity index (χ2n) is 7.95. The van der Waals surface area contributed by atoms with E-state index < -0.39 is 6.10 Å². The van der Waals surface area contributed by atoms with E-state index in [0.29, 0.717) is 37.4 Å². The number of pyridine rings is 1. The molecule has 3 aromatic rings. The number of methoxy groups -OCH3 is 1. The molecule has 4 rings (SSSR count). The molecule has 2 heterocycles. The van der Waals surface area contributed by atoms with Crippen LogP contribution in [-0.4, -0.2) is 41.5 Å². The van der Waals surface area contributed by atoms with Crippen molar-refractivity contribution in [3.8, 4) is 11.5 Å². The molecule has 0 saturated carbocycles. The maximum Gasteiger partial charge on any atom is 0.263 e. The molecule has 7 nitrogen and oxygen atoms in total. The maximum absolute atomic E-state index is 13.2. The van der Waals surface area contributed by atoms with Crippen molar-refractivity contribution in [2.75, 3.05) is 19.0 Å². The summed E-state index contributed by atoms with van der Waals surface area (Å²) in [7, 11) is 1.64. The monoisotopic (exact) mass is 479 g/mol. The second-order valence-corrected chi connectivity index (χ2v) is 8.31. The Morgan fingerprint density at radius 3 is 2.82 bits per heavy atom. The van der Waals surface area contributed by atoms with Crippen LogP contribution in [0.25, 0.3) is 0 Å². The Bertz CT molecular complexity index is 1200. The van der Waals surface area contributed by atoms with Gasteiger partial charge in [-0.05, 0) is 54.8 Å². The molecule has 0 spiro atoms. The number of para-hydroxylation sites is 1. The van der Waals surface area contributed by atoms with Gasteiger partial charge in [0.25, 0.3) is 11.8 Å². The zero-order chi connectivity index (χ0) is 24.1. The number of hydrogen-bond acceptors (Lipinski definition) is 5. The molecule has 1 unspecified atom stereocenters. The molecule has 0 fully saturated rings. The van der Waals surface area contributed by atoms with E-state index in [-0.39, 0.29) is 22.5 Å². The Morgan fingerprint density at radius 1 is 1.24 bits per heavy atom. The van der Waals surface area contributed by atoms with Crippen LogP contribution in [-0.2, 0) is 17.8 Å². The lowest BCUT2D eigenvalue weighted by Gasteiger charge is -2.23. The third kappa shape index (κ3) is 5.15. The van der Waals surface area contributed by atoms with Gasteiger partial charge < -0.3 is 19.7 Å². The Morgan fingerprint density at radius 2 is 2.06 bits per heavy atom. The summed E-state index contributed by atoms with van der Waals surface area (Å²) in [6.45, 7) is 2.82. The predicted molar refractivity (Wildman–Crippen MR) is 130 cm³/mol. The van der Waals surface area contributed by atoms with Crippen LogP contribution >= 0.6 is 11.6 Å². The van der Waals surface area contributed by atoms with E-state index >= 15 is 0 Å². The topological polar surface area (TPSA) is 80.8 Å². The molecule has 176 valence electrons. The molecule has 1 atom stereocenters. The third-order valence-electron chi connectivity index (χ3n) is 5.75. The Balaban J connectivity index is 1.55. The summed E-state index contributed by atoms with van der Waals surface area (Å²) < 4.78 is 11.5. The summed E-state index contributed by atoms with van der Waals surface area (Å²) in [6.07, 6.45) is 2.17. The number of carbonyl (C=O) groups excluding carboxylic acids is 2. The Hall–Kier alpha value is -3.58. The average molecular weight is 480 g/mol. The molecule has 2 aromatic carbocycles. The molecule has 8 heteroatoms. The van der Waals surface area contributed by atoms with Crippen molar-refractivity contribution in [1.82, 2.24) is 9.88 Å². The highest BCUT2D eigenvalue weighted by molar-refractivity contribution is 6.33. The zero-order valence-corrected chi connectivity index (χ0v) is 19.8. The SMILES string of the molecule is CCC1Oc2ccc(NC(=O)c3cccnc3Cl)cc2CN(CCc2ccccc2OC)C1=O. The van der Waals surface area contributed by atoms with Crippen LogP contribution in [0.1, 0.15) is 34.8 Å². The second kappa shape index (κ2) is 10.6. The van der Waals surface area contributed by atoms with Crippen LogP contribution in [0.2, 0.25) is 5.15 Å². The van der Waals surface area contributed by atoms with E-state index in [9.17, 15) is 9.59 Å². The van der Waals surface area contributed by atoms with Crippen LogP contribution < -0.4 is 14.8 Å². The number of halogens is 1. The van der Waals surface area contributed by atoms with Gasteiger partial charge in [-0.25, -0.2) is 4.98 Å². The van der Waals surface area contributed by atoms with Gasteiger partial charge in [-0.1, -0.05) is 36.7 Å². The maximum atomic E-state index is 13.2. The fraction of sp³-hybridized carbons (Fsp3) is 0.269. The fourth-order valence-corrected chi connectivity index (χ4v) is 4.16. The number of nitrogens with one attached hydrogen (secondary N) is 1. The van der Waals surface area contributed by atoms with Crippen molar-refractivity contribution in [2.45, 2.75) is 32.4 Å². The van der Waals surface area contributed by atoms with Gasteiger partial charge in [0, 0.05) is 30.5 Å². The number of carbonyl (C=O) groups is 2. The minimum Gasteiger partial charge on any atom is -0.496 e. The number of benzene rings is 2. The summed E-state index contributed by atoms with van der Waals surface area (Å²) in [6, 6.07) is 16.4. The summed E-state index contributed by atoms with van der Waals surface area (Å²) in [4.78, 5) is 31.6. The molecule has 1 aliphatic rings. The number of hydrogen-bond donors (Lipinski definition) is 1. The minimum absolute atomic E-state index is 0.0543. The van der Waals surface area contributed by atoms with Gasteiger partial charge in [0.05, 0.1) is 12.7 Å². The lowest BCUT2D eigenvalue weighted by Crippen LogP contribution is -2.40. The summed E-state index contributed by atoms with van der Waals surface area (Å²) >= 11 is 6.05. The summed E-state index contributed by atoms with van der Waals surface area (Å²) in [5.41, 5.74) is 2.72. The highest BCUT2D eigenvalue weighted by Gasteiger charge is 2.30. The molecule has 1 N–H and O–H groups in total. The van der Waals surface area contributed by atoms with E-state index in [1.54, 1.807) is 36.3 Å². The average Bonchev–Trinajstić information content (AvgIpc) is 2.98. The smallest absolute Gasteiger partial charge is 0.263 e. The van der Waals surface area contributed by atoms with Gasteiger partial charge in [0.1, 0.15) is 16.7 Å². The van der Waals surface area contributed by atoms with Gasteiger partial charge in [-0.2, -0.15) is 0 Å². The van der Waals surface area contributed by atoms with E-state index in [1.165, 1.54) is 6.20 Å². The first kappa shape index (κ1) is 23.6. The number of ether oxygens (including phenoxy) is 2. The molecule has 0 radical (unpaired) electrons. The summed E-state index contributed by atoms with van der Waals surface area (Å²) in [5.74, 6) is 1.02. The zero-order valence-electron chi connectivity index (χ0n) is 19.1. The molecule has 1 aromatic heterocycles. The van der Waals surface area contributed by atoms with Crippen molar-refractivity contribution >= 4 is 29.1 Å². The minimum atomic E-state index is -0.562. The Labute approximate surface area is 203 Å². The number of anilines is 1. The number of rotatable bonds is 7. The van der Waals surface area contributed by atoms with Gasteiger partial charge in [-0.3, -0.25) is 9.59 Å². The molecule has 1 aliphatic heterocycles. The molecule has 0 bridgehead atoms. The van der Waals surface area contributed by atoms with E-state index in [2.05, 4.69) is 10.3 Å². The lowest BCUT2D eigenvalue weighted by molar-refractivity contribution is -0.138. The van der Waals surface area contributed by atoms with Crippen LogP contribution in [0, 0.1) is 0 Å². The van der Waals surface area contributed by atoms with Crippen molar-refractivity contribution in [2.24, 2.45) is 0 Å². The van der Waals surface area contributed by atoms with Crippen molar-refractivity contribution in [3.63, 3.8) is 0 Å². The Kier molecular flexibility index (Phi) is 7.33. The highest BCUT2D eigenvalue weighted by atomic mass is 35.5. The van der Waals surface area contributed by atoms with Crippen molar-refractivity contribution < 1.29 is 19.1 Å². The fourth-order valence-electron chi connectivity index (χ4n) is 3.95. The first-order chi connectivity index (χ1) is 16.5. The number of aromatic nitrogens is 1. The summed E-state index contributed by atoms with van der Waals surface area (Å²) in [5, 5.41) is 2.99. The largest absolute Gasteiger partial charge is 0.496 e. The lowest BCUT2D eigenvalue weighted by atomic mass is 10.1. The van der Waals surface area contributed by atoms with Crippen LogP contribution in [0.15, 0.2) is 60.8 Å². The van der Waals surface area contributed by atoms with E-state index in [4.69, 9.17) is 21.1 Å². The quantitative estimate of drug-likeness (QED) is 0.495. The molecular weight excluding hydrogens is 454 g/mol. The third-order valence-corrected chi connectivity index (χ3v) is 6.06. The normalized spacial score (nSPS) is 15.2. The number of fused-ring (bicyclic) bond motifs is 1. The number of amides is 2. The van der Waals surface area contributed by atoms with E-state index in [1.807, 2.05) is 37.3 Å². The van der Waals surface area contributed by atoms with Gasteiger partial charge in [0.15, 0.2) is 6.10 Å².